The fourth-order valence-electron chi connectivity index (χ4n) is 4.94. The Bertz CT molecular complexity index is 1420. The summed E-state index contributed by atoms with van der Waals surface area (Å²) in [7, 11) is -3.47. The molecule has 5 heterocycles. The summed E-state index contributed by atoms with van der Waals surface area (Å²) in [6, 6.07) is 17.6. The molecule has 4 aromatic rings. The molecule has 0 radical (unpaired) electrons. The summed E-state index contributed by atoms with van der Waals surface area (Å²) < 4.78 is 31.2. The second kappa shape index (κ2) is 7.13. The van der Waals surface area contributed by atoms with Crippen LogP contribution >= 0.6 is 22.7 Å². The lowest BCUT2D eigenvalue weighted by Crippen LogP contribution is -2.49. The van der Waals surface area contributed by atoms with Gasteiger partial charge in [-0.2, -0.15) is 4.31 Å². The van der Waals surface area contributed by atoms with Gasteiger partial charge in [-0.15, -0.1) is 22.7 Å². The molecule has 2 aliphatic heterocycles. The Morgan fingerprint density at radius 3 is 2.65 bits per heavy atom. The molecule has 2 aliphatic rings. The van der Waals surface area contributed by atoms with Crippen LogP contribution in [-0.2, 0) is 16.6 Å². The number of fused-ring (bicyclic) bond motifs is 5. The zero-order chi connectivity index (χ0) is 21.2. The number of thiophene rings is 2. The first-order valence-electron chi connectivity index (χ1n) is 10.3. The maximum atomic E-state index is 13.4. The predicted molar refractivity (Wildman–Crippen MR) is 125 cm³/mol. The molecule has 6 rings (SSSR count). The molecule has 0 amide bonds. The minimum Gasteiger partial charge on any atom is -0.311 e. The van der Waals surface area contributed by atoms with E-state index >= 15 is 0 Å². The van der Waals surface area contributed by atoms with Gasteiger partial charge in [0.05, 0.1) is 5.56 Å². The van der Waals surface area contributed by atoms with E-state index in [1.807, 2.05) is 28.8 Å². The highest BCUT2D eigenvalue weighted by atomic mass is 32.2. The van der Waals surface area contributed by atoms with E-state index in [-0.39, 0.29) is 17.4 Å². The second-order valence-corrected chi connectivity index (χ2v) is 12.5. The van der Waals surface area contributed by atoms with E-state index in [0.29, 0.717) is 23.8 Å². The first kappa shape index (κ1) is 19.4. The molecular weight excluding hydrogens is 448 g/mol. The highest BCUT2D eigenvalue weighted by Gasteiger charge is 2.40. The van der Waals surface area contributed by atoms with Crippen molar-refractivity contribution in [3.8, 4) is 10.4 Å². The third-order valence-corrected chi connectivity index (χ3v) is 10.7. The van der Waals surface area contributed by atoms with Crippen molar-refractivity contribution in [3.63, 3.8) is 0 Å². The molecule has 0 spiro atoms. The molecule has 3 aromatic heterocycles. The summed E-state index contributed by atoms with van der Waals surface area (Å²) in [5.41, 5.74) is 1.72. The van der Waals surface area contributed by atoms with E-state index in [1.54, 1.807) is 33.2 Å². The summed E-state index contributed by atoms with van der Waals surface area (Å²) in [4.78, 5) is 14.4. The molecular formula is C23H20N2O3S3. The maximum Gasteiger partial charge on any atom is 0.259 e. The SMILES string of the molecule is O=c1c(-c2cc3ccccc3s2)ccc2n1C[C@@H]1C[C@@H]2CN(S(=O)(=O)c2cccs2)C1. The second-order valence-electron chi connectivity index (χ2n) is 8.29. The minimum absolute atomic E-state index is 0.0355. The molecule has 2 atom stereocenters. The number of pyridine rings is 1. The van der Waals surface area contributed by atoms with Crippen molar-refractivity contribution in [1.29, 1.82) is 0 Å². The number of piperidine rings is 1. The number of benzene rings is 1. The van der Waals surface area contributed by atoms with Crippen LogP contribution in [0, 0.1) is 5.92 Å². The van der Waals surface area contributed by atoms with Crippen molar-refractivity contribution in [2.24, 2.45) is 5.92 Å². The lowest BCUT2D eigenvalue weighted by atomic mass is 9.84. The number of hydrogen-bond acceptors (Lipinski definition) is 5. The van der Waals surface area contributed by atoms with Crippen LogP contribution in [0.2, 0.25) is 0 Å². The number of sulfonamides is 1. The number of aromatic nitrogens is 1. The van der Waals surface area contributed by atoms with Gasteiger partial charge in [-0.25, -0.2) is 8.42 Å². The minimum atomic E-state index is -3.47. The van der Waals surface area contributed by atoms with Crippen LogP contribution in [0.25, 0.3) is 20.5 Å². The van der Waals surface area contributed by atoms with Crippen LogP contribution in [0.1, 0.15) is 18.0 Å². The van der Waals surface area contributed by atoms with E-state index in [4.69, 9.17) is 0 Å². The Morgan fingerprint density at radius 2 is 1.84 bits per heavy atom. The van der Waals surface area contributed by atoms with Crippen LogP contribution in [0.3, 0.4) is 0 Å². The monoisotopic (exact) mass is 468 g/mol. The Hall–Kier alpha value is -2.26. The standard InChI is InChI=1S/C23H20N2O3S3/c26-23-18(21-11-16-4-1-2-5-20(16)30-21)7-8-19-17-10-15(13-25(19)23)12-24(14-17)31(27,28)22-6-3-9-29-22/h1-9,11,15,17H,10,12-14H2/t15-,17-/m1/s1. The Balaban J connectivity index is 1.38. The Kier molecular flexibility index (Phi) is 4.47. The number of hydrogen-bond donors (Lipinski definition) is 0. The predicted octanol–water partition coefficient (Wildman–Crippen LogP) is 4.60. The van der Waals surface area contributed by atoms with Gasteiger partial charge < -0.3 is 4.57 Å². The van der Waals surface area contributed by atoms with E-state index in [1.165, 1.54) is 16.0 Å². The quantitative estimate of drug-likeness (QED) is 0.442. The molecule has 0 saturated carbocycles. The van der Waals surface area contributed by atoms with Crippen molar-refractivity contribution in [3.05, 3.63) is 76.0 Å². The van der Waals surface area contributed by atoms with E-state index in [0.717, 1.165) is 27.9 Å². The van der Waals surface area contributed by atoms with Gasteiger partial charge >= 0.3 is 0 Å². The van der Waals surface area contributed by atoms with Crippen LogP contribution in [0.15, 0.2) is 69.0 Å². The van der Waals surface area contributed by atoms with Crippen LogP contribution in [0.4, 0.5) is 0 Å². The summed E-state index contributed by atoms with van der Waals surface area (Å²) in [5.74, 6) is 0.197. The molecule has 5 nitrogen and oxygen atoms in total. The fourth-order valence-corrected chi connectivity index (χ4v) is 8.72. The highest BCUT2D eigenvalue weighted by molar-refractivity contribution is 7.91. The van der Waals surface area contributed by atoms with Gasteiger partial charge in [0.1, 0.15) is 4.21 Å². The molecule has 0 aliphatic carbocycles. The van der Waals surface area contributed by atoms with E-state index in [2.05, 4.69) is 18.2 Å². The number of rotatable bonds is 3. The van der Waals surface area contributed by atoms with Crippen molar-refractivity contribution >= 4 is 42.8 Å². The molecule has 31 heavy (non-hydrogen) atoms. The van der Waals surface area contributed by atoms with Gasteiger partial charge in [-0.3, -0.25) is 4.79 Å². The van der Waals surface area contributed by atoms with Gasteiger partial charge in [0.25, 0.3) is 15.6 Å². The van der Waals surface area contributed by atoms with Crippen molar-refractivity contribution in [1.82, 2.24) is 8.87 Å². The summed E-state index contributed by atoms with van der Waals surface area (Å²) in [6.45, 7) is 1.47. The van der Waals surface area contributed by atoms with Gasteiger partial charge in [-0.05, 0) is 53.4 Å². The molecule has 0 unspecified atom stereocenters. The molecule has 8 heteroatoms. The van der Waals surface area contributed by atoms with E-state index in [9.17, 15) is 13.2 Å². The molecule has 1 aromatic carbocycles. The summed E-state index contributed by atoms with van der Waals surface area (Å²) in [5, 5.41) is 2.94. The van der Waals surface area contributed by atoms with Crippen LogP contribution < -0.4 is 5.56 Å². The number of nitrogens with zero attached hydrogens (tertiary/aromatic N) is 2. The van der Waals surface area contributed by atoms with Crippen molar-refractivity contribution < 1.29 is 8.42 Å². The van der Waals surface area contributed by atoms with E-state index < -0.39 is 10.0 Å². The van der Waals surface area contributed by atoms with Gasteiger partial charge in [0.15, 0.2) is 0 Å². The lowest BCUT2D eigenvalue weighted by molar-refractivity contribution is 0.186. The van der Waals surface area contributed by atoms with Crippen molar-refractivity contribution in [2.75, 3.05) is 13.1 Å². The van der Waals surface area contributed by atoms with Crippen molar-refractivity contribution in [2.45, 2.75) is 23.1 Å². The fraction of sp³-hybridized carbons (Fsp3) is 0.261. The molecule has 0 N–H and O–H groups in total. The van der Waals surface area contributed by atoms with Gasteiger partial charge in [0, 0.05) is 40.8 Å². The van der Waals surface area contributed by atoms with Gasteiger partial charge in [-0.1, -0.05) is 24.3 Å². The Morgan fingerprint density at radius 1 is 0.968 bits per heavy atom. The maximum absolute atomic E-state index is 13.4. The molecule has 158 valence electrons. The summed E-state index contributed by atoms with van der Waals surface area (Å²) in [6.07, 6.45) is 0.929. The molecule has 1 fully saturated rings. The molecule has 2 bridgehead atoms. The zero-order valence-corrected chi connectivity index (χ0v) is 19.1. The van der Waals surface area contributed by atoms with Gasteiger partial charge in [0.2, 0.25) is 0 Å². The third kappa shape index (κ3) is 3.12. The first-order chi connectivity index (χ1) is 15.0. The average Bonchev–Trinajstić information content (AvgIpc) is 3.45. The smallest absolute Gasteiger partial charge is 0.259 e. The van der Waals surface area contributed by atoms with Crippen LogP contribution in [-0.4, -0.2) is 30.4 Å². The lowest BCUT2D eigenvalue weighted by Gasteiger charge is -2.42. The highest BCUT2D eigenvalue weighted by Crippen LogP contribution is 2.39. The summed E-state index contributed by atoms with van der Waals surface area (Å²) >= 11 is 2.90. The normalized spacial score (nSPS) is 21.3. The van der Waals surface area contributed by atoms with Crippen LogP contribution in [0.5, 0.6) is 0 Å². The topological polar surface area (TPSA) is 59.4 Å². The average molecular weight is 469 g/mol. The first-order valence-corrected chi connectivity index (χ1v) is 13.4. The molecule has 1 saturated heterocycles. The zero-order valence-electron chi connectivity index (χ0n) is 16.6. The largest absolute Gasteiger partial charge is 0.311 e. The Labute approximate surface area is 188 Å². The third-order valence-electron chi connectivity index (χ3n) is 6.35.